The number of nitrogens with two attached hydrogens (primary N) is 1. The van der Waals surface area contributed by atoms with Crippen LogP contribution in [0.5, 0.6) is 0 Å². The minimum atomic E-state index is -0.491. The van der Waals surface area contributed by atoms with E-state index < -0.39 is 5.91 Å². The number of alkyl halides is 1. The first-order chi connectivity index (χ1) is 7.15. The van der Waals surface area contributed by atoms with Gasteiger partial charge in [-0.05, 0) is 24.3 Å². The normalized spacial score (nSPS) is 9.67. The quantitative estimate of drug-likeness (QED) is 0.641. The molecule has 0 aromatic heterocycles. The highest BCUT2D eigenvalue weighted by atomic mass is 127. The van der Waals surface area contributed by atoms with Crippen LogP contribution in [0.15, 0.2) is 24.3 Å². The zero-order valence-electron chi connectivity index (χ0n) is 8.00. The lowest BCUT2D eigenvalue weighted by Crippen LogP contribution is -2.25. The number of hydrogen-bond acceptors (Lipinski definition) is 2. The third kappa shape index (κ3) is 3.50. The number of carbonyl (C=O) groups excluding carboxylic acids is 2. The number of rotatable bonds is 4. The summed E-state index contributed by atoms with van der Waals surface area (Å²) < 4.78 is 0.864. The molecule has 15 heavy (non-hydrogen) atoms. The summed E-state index contributed by atoms with van der Waals surface area (Å²) in [7, 11) is 0. The van der Waals surface area contributed by atoms with E-state index in [1.165, 1.54) is 0 Å². The van der Waals surface area contributed by atoms with Gasteiger partial charge in [0.25, 0.3) is 5.91 Å². The van der Waals surface area contributed by atoms with Gasteiger partial charge in [-0.25, -0.2) is 0 Å². The Balaban J connectivity index is 2.71. The lowest BCUT2D eigenvalue weighted by atomic mass is 10.1. The van der Waals surface area contributed by atoms with Gasteiger partial charge in [-0.15, -0.1) is 0 Å². The maximum Gasteiger partial charge on any atom is 0.251 e. The highest BCUT2D eigenvalue weighted by molar-refractivity contribution is 14.1. The van der Waals surface area contributed by atoms with Crippen molar-refractivity contribution in [1.82, 2.24) is 5.32 Å². The summed E-state index contributed by atoms with van der Waals surface area (Å²) in [5.41, 5.74) is 6.02. The standard InChI is InChI=1S/C10H11IN2O2/c11-5-6-13-10(15)8-3-1-7(2-4-8)9(12)14/h1-4H,5-6H2,(H2,12,14)(H,13,15). The minimum Gasteiger partial charge on any atom is -0.366 e. The lowest BCUT2D eigenvalue weighted by molar-refractivity contribution is 0.0953. The fraction of sp³-hybridized carbons (Fsp3) is 0.200. The van der Waals surface area contributed by atoms with Crippen molar-refractivity contribution in [1.29, 1.82) is 0 Å². The molecule has 0 fully saturated rings. The van der Waals surface area contributed by atoms with Crippen LogP contribution < -0.4 is 11.1 Å². The van der Waals surface area contributed by atoms with E-state index in [0.29, 0.717) is 17.7 Å². The molecule has 0 radical (unpaired) electrons. The van der Waals surface area contributed by atoms with Gasteiger partial charge in [0.2, 0.25) is 5.91 Å². The Morgan fingerprint density at radius 1 is 1.20 bits per heavy atom. The van der Waals surface area contributed by atoms with Gasteiger partial charge in [0.1, 0.15) is 0 Å². The van der Waals surface area contributed by atoms with E-state index in [0.717, 1.165) is 4.43 Å². The van der Waals surface area contributed by atoms with Gasteiger partial charge in [-0.3, -0.25) is 9.59 Å². The molecule has 0 heterocycles. The number of benzene rings is 1. The van der Waals surface area contributed by atoms with E-state index in [-0.39, 0.29) is 5.91 Å². The van der Waals surface area contributed by atoms with Gasteiger partial charge in [-0.1, -0.05) is 22.6 Å². The molecular formula is C10H11IN2O2. The highest BCUT2D eigenvalue weighted by Crippen LogP contribution is 2.03. The average molecular weight is 318 g/mol. The van der Waals surface area contributed by atoms with Crippen LogP contribution in [-0.4, -0.2) is 22.8 Å². The number of amides is 2. The van der Waals surface area contributed by atoms with E-state index in [1.54, 1.807) is 24.3 Å². The van der Waals surface area contributed by atoms with Crippen molar-refractivity contribution < 1.29 is 9.59 Å². The number of hydrogen-bond donors (Lipinski definition) is 2. The molecule has 0 atom stereocenters. The number of carbonyl (C=O) groups is 2. The maximum absolute atomic E-state index is 11.5. The van der Waals surface area contributed by atoms with Crippen molar-refractivity contribution in [2.45, 2.75) is 0 Å². The summed E-state index contributed by atoms with van der Waals surface area (Å²) >= 11 is 2.18. The predicted octanol–water partition coefficient (Wildman–Crippen LogP) is 0.950. The van der Waals surface area contributed by atoms with Crippen LogP contribution in [0.1, 0.15) is 20.7 Å². The van der Waals surface area contributed by atoms with E-state index in [2.05, 4.69) is 27.9 Å². The second-order valence-electron chi connectivity index (χ2n) is 2.89. The van der Waals surface area contributed by atoms with Gasteiger partial charge in [0.05, 0.1) is 0 Å². The SMILES string of the molecule is NC(=O)c1ccc(C(=O)NCCI)cc1. The monoisotopic (exact) mass is 318 g/mol. The third-order valence-corrected chi connectivity index (χ3v) is 2.35. The van der Waals surface area contributed by atoms with E-state index in [4.69, 9.17) is 5.73 Å². The van der Waals surface area contributed by atoms with Crippen molar-refractivity contribution in [3.8, 4) is 0 Å². The number of halogens is 1. The highest BCUT2D eigenvalue weighted by Gasteiger charge is 2.05. The molecule has 5 heteroatoms. The van der Waals surface area contributed by atoms with Crippen molar-refractivity contribution in [2.24, 2.45) is 5.73 Å². The molecule has 0 unspecified atom stereocenters. The molecule has 0 bridgehead atoms. The largest absolute Gasteiger partial charge is 0.366 e. The van der Waals surface area contributed by atoms with Crippen LogP contribution in [0.25, 0.3) is 0 Å². The summed E-state index contributed by atoms with van der Waals surface area (Å²) in [4.78, 5) is 22.2. The van der Waals surface area contributed by atoms with Gasteiger partial charge in [-0.2, -0.15) is 0 Å². The first kappa shape index (κ1) is 12.0. The van der Waals surface area contributed by atoms with Gasteiger partial charge in [0, 0.05) is 22.1 Å². The lowest BCUT2D eigenvalue weighted by Gasteiger charge is -2.03. The van der Waals surface area contributed by atoms with Gasteiger partial charge >= 0.3 is 0 Å². The van der Waals surface area contributed by atoms with Crippen LogP contribution >= 0.6 is 22.6 Å². The summed E-state index contributed by atoms with van der Waals surface area (Å²) in [6.07, 6.45) is 0. The fourth-order valence-electron chi connectivity index (χ4n) is 1.05. The zero-order chi connectivity index (χ0) is 11.3. The molecule has 80 valence electrons. The molecule has 3 N–H and O–H groups in total. The second-order valence-corrected chi connectivity index (χ2v) is 3.97. The minimum absolute atomic E-state index is 0.136. The Hall–Kier alpha value is -1.11. The molecule has 0 spiro atoms. The fourth-order valence-corrected chi connectivity index (χ4v) is 1.32. The van der Waals surface area contributed by atoms with Crippen molar-refractivity contribution >= 4 is 34.4 Å². The van der Waals surface area contributed by atoms with Crippen LogP contribution in [0.2, 0.25) is 0 Å². The molecule has 0 saturated carbocycles. The molecular weight excluding hydrogens is 307 g/mol. The van der Waals surface area contributed by atoms with Crippen LogP contribution in [0.3, 0.4) is 0 Å². The van der Waals surface area contributed by atoms with Crippen LogP contribution in [-0.2, 0) is 0 Å². The molecule has 0 aliphatic carbocycles. The Morgan fingerprint density at radius 3 is 2.20 bits per heavy atom. The van der Waals surface area contributed by atoms with Gasteiger partial charge in [0.15, 0.2) is 0 Å². The van der Waals surface area contributed by atoms with Crippen LogP contribution in [0.4, 0.5) is 0 Å². The van der Waals surface area contributed by atoms with Crippen molar-refractivity contribution in [3.05, 3.63) is 35.4 Å². The zero-order valence-corrected chi connectivity index (χ0v) is 10.2. The maximum atomic E-state index is 11.5. The van der Waals surface area contributed by atoms with Crippen molar-refractivity contribution in [2.75, 3.05) is 11.0 Å². The Kier molecular flexibility index (Phi) is 4.54. The number of nitrogens with one attached hydrogen (secondary N) is 1. The van der Waals surface area contributed by atoms with Crippen LogP contribution in [0, 0.1) is 0 Å². The van der Waals surface area contributed by atoms with Crippen molar-refractivity contribution in [3.63, 3.8) is 0 Å². The molecule has 0 aliphatic rings. The summed E-state index contributed by atoms with van der Waals surface area (Å²) in [5.74, 6) is -0.628. The third-order valence-electron chi connectivity index (χ3n) is 1.81. The molecule has 2 amide bonds. The smallest absolute Gasteiger partial charge is 0.251 e. The number of primary amides is 1. The topological polar surface area (TPSA) is 72.2 Å². The Labute approximate surface area is 101 Å². The van der Waals surface area contributed by atoms with Gasteiger partial charge < -0.3 is 11.1 Å². The molecule has 1 aromatic rings. The molecule has 1 rings (SSSR count). The van der Waals surface area contributed by atoms with E-state index in [1.807, 2.05) is 0 Å². The van der Waals surface area contributed by atoms with E-state index in [9.17, 15) is 9.59 Å². The van der Waals surface area contributed by atoms with E-state index >= 15 is 0 Å². The first-order valence-electron chi connectivity index (χ1n) is 4.39. The molecule has 1 aromatic carbocycles. The summed E-state index contributed by atoms with van der Waals surface area (Å²) in [6.45, 7) is 0.636. The molecule has 0 saturated heterocycles. The second kappa shape index (κ2) is 5.69. The Bertz CT molecular complexity index is 362. The molecule has 4 nitrogen and oxygen atoms in total. The molecule has 0 aliphatic heterocycles. The Morgan fingerprint density at radius 2 is 1.73 bits per heavy atom. The summed E-state index contributed by atoms with van der Waals surface area (Å²) in [5, 5.41) is 2.73. The predicted molar refractivity (Wildman–Crippen MR) is 66.2 cm³/mol. The average Bonchev–Trinajstić information content (AvgIpc) is 2.26. The first-order valence-corrected chi connectivity index (χ1v) is 5.91. The summed E-state index contributed by atoms with van der Waals surface area (Å²) in [6, 6.07) is 6.26.